The predicted molar refractivity (Wildman–Crippen MR) is 128 cm³/mol. The Morgan fingerprint density at radius 1 is 0.838 bits per heavy atom. The normalized spacial score (nSPS) is 13.0. The minimum Gasteiger partial charge on any atom is -0.506 e. The summed E-state index contributed by atoms with van der Waals surface area (Å²) in [4.78, 5) is -1.93. The average molecular weight is 584 g/mol. The van der Waals surface area contributed by atoms with E-state index in [1.807, 2.05) is 4.72 Å². The lowest BCUT2D eigenvalue weighted by Gasteiger charge is -2.24. The molecule has 0 aliphatic heterocycles. The van der Waals surface area contributed by atoms with Gasteiger partial charge in [0, 0.05) is 11.6 Å². The molecule has 0 heterocycles. The zero-order valence-electron chi connectivity index (χ0n) is 19.3. The van der Waals surface area contributed by atoms with E-state index >= 15 is 0 Å². The number of anilines is 1. The van der Waals surface area contributed by atoms with Gasteiger partial charge in [-0.2, -0.15) is 13.2 Å². The van der Waals surface area contributed by atoms with Gasteiger partial charge >= 0.3 is 5.51 Å². The van der Waals surface area contributed by atoms with Gasteiger partial charge < -0.3 is 5.11 Å². The van der Waals surface area contributed by atoms with Crippen LogP contribution in [0.3, 0.4) is 0 Å². The van der Waals surface area contributed by atoms with Crippen LogP contribution in [-0.2, 0) is 25.3 Å². The molecule has 37 heavy (non-hydrogen) atoms. The van der Waals surface area contributed by atoms with E-state index in [1.165, 1.54) is 6.07 Å². The first-order valence-electron chi connectivity index (χ1n) is 10.2. The van der Waals surface area contributed by atoms with E-state index in [2.05, 4.69) is 0 Å². The molecule has 0 atom stereocenters. The van der Waals surface area contributed by atoms with Crippen molar-refractivity contribution in [3.8, 4) is 16.9 Å². The third-order valence-electron chi connectivity index (χ3n) is 5.17. The second-order valence-electron chi connectivity index (χ2n) is 8.98. The maximum atomic E-state index is 13.8. The molecule has 0 spiro atoms. The van der Waals surface area contributed by atoms with Crippen molar-refractivity contribution in [2.75, 3.05) is 4.72 Å². The summed E-state index contributed by atoms with van der Waals surface area (Å²) in [5.41, 5.74) is -6.82. The standard InChI is InChI=1S/C23H19ClF5NO5S2/c1-22(2,3)17-8-13(12-6-14(25)10-15(26)7-12)9-20(21(17)31)37(34,35)30-19-5-4-16(11-18(19)24)36(32,33)23(27,28)29/h4-11,30-31H,1-3H3. The van der Waals surface area contributed by atoms with E-state index in [0.717, 1.165) is 18.2 Å². The highest BCUT2D eigenvalue weighted by Crippen LogP contribution is 2.41. The Labute approximate surface area is 214 Å². The molecule has 3 rings (SSSR count). The van der Waals surface area contributed by atoms with Crippen molar-refractivity contribution in [1.29, 1.82) is 0 Å². The number of hydrogen-bond acceptors (Lipinski definition) is 5. The number of phenols is 1. The Kier molecular flexibility index (Phi) is 7.32. The number of hydrogen-bond donors (Lipinski definition) is 2. The van der Waals surface area contributed by atoms with Crippen LogP contribution in [0.1, 0.15) is 26.3 Å². The SMILES string of the molecule is CC(C)(C)c1cc(-c2cc(F)cc(F)c2)cc(S(=O)(=O)Nc2ccc(S(=O)(=O)C(F)(F)F)cc2Cl)c1O. The highest BCUT2D eigenvalue weighted by atomic mass is 35.5. The molecule has 0 bridgehead atoms. The molecule has 0 aromatic heterocycles. The van der Waals surface area contributed by atoms with Gasteiger partial charge in [-0.15, -0.1) is 0 Å². The van der Waals surface area contributed by atoms with E-state index in [4.69, 9.17) is 11.6 Å². The largest absolute Gasteiger partial charge is 0.506 e. The summed E-state index contributed by atoms with van der Waals surface area (Å²) >= 11 is 5.88. The van der Waals surface area contributed by atoms with Crippen LogP contribution in [0.5, 0.6) is 5.75 Å². The van der Waals surface area contributed by atoms with Crippen LogP contribution in [0.4, 0.5) is 27.6 Å². The minimum absolute atomic E-state index is 0.0285. The topological polar surface area (TPSA) is 101 Å². The highest BCUT2D eigenvalue weighted by Gasteiger charge is 2.47. The summed E-state index contributed by atoms with van der Waals surface area (Å²) in [7, 11) is -10.5. The Bertz CT molecular complexity index is 1580. The molecule has 0 unspecified atom stereocenters. The third kappa shape index (κ3) is 5.83. The summed E-state index contributed by atoms with van der Waals surface area (Å²) in [6.45, 7) is 4.95. The van der Waals surface area contributed by atoms with E-state index in [9.17, 15) is 43.9 Å². The Hall–Kier alpha value is -2.90. The first-order chi connectivity index (χ1) is 16.7. The van der Waals surface area contributed by atoms with Gasteiger partial charge in [0.2, 0.25) is 0 Å². The molecule has 14 heteroatoms. The summed E-state index contributed by atoms with van der Waals surface area (Å²) in [5, 5.41) is 10.2. The van der Waals surface area contributed by atoms with Crippen LogP contribution >= 0.6 is 11.6 Å². The number of benzene rings is 3. The van der Waals surface area contributed by atoms with Gasteiger partial charge in [-0.1, -0.05) is 32.4 Å². The maximum absolute atomic E-state index is 13.8. The lowest BCUT2D eigenvalue weighted by Crippen LogP contribution is -2.23. The molecule has 3 aromatic rings. The fourth-order valence-corrected chi connectivity index (χ4v) is 5.71. The van der Waals surface area contributed by atoms with Crippen molar-refractivity contribution >= 4 is 37.1 Å². The van der Waals surface area contributed by atoms with Crippen molar-refractivity contribution < 1.29 is 43.9 Å². The number of alkyl halides is 3. The average Bonchev–Trinajstić information content (AvgIpc) is 2.72. The summed E-state index contributed by atoms with van der Waals surface area (Å²) in [5.74, 6) is -2.54. The molecule has 0 amide bonds. The molecule has 0 radical (unpaired) electrons. The Balaban J connectivity index is 2.16. The molecular weight excluding hydrogens is 565 g/mol. The summed E-state index contributed by atoms with van der Waals surface area (Å²) in [6, 6.07) is 6.52. The number of phenolic OH excluding ortho intramolecular Hbond substituents is 1. The second kappa shape index (κ2) is 9.44. The zero-order valence-corrected chi connectivity index (χ0v) is 21.7. The molecule has 0 saturated heterocycles. The lowest BCUT2D eigenvalue weighted by atomic mass is 9.84. The van der Waals surface area contributed by atoms with Gasteiger partial charge in [0.1, 0.15) is 22.3 Å². The summed E-state index contributed by atoms with van der Waals surface area (Å²) < 4.78 is 118. The number of sulfonamides is 1. The highest BCUT2D eigenvalue weighted by molar-refractivity contribution is 7.93. The van der Waals surface area contributed by atoms with Crippen LogP contribution in [-0.4, -0.2) is 27.5 Å². The van der Waals surface area contributed by atoms with E-state index < -0.39 is 68.7 Å². The van der Waals surface area contributed by atoms with Crippen molar-refractivity contribution in [3.63, 3.8) is 0 Å². The van der Waals surface area contributed by atoms with Crippen LogP contribution in [0.15, 0.2) is 58.3 Å². The molecule has 0 aliphatic carbocycles. The Morgan fingerprint density at radius 3 is 1.86 bits per heavy atom. The van der Waals surface area contributed by atoms with Crippen LogP contribution in [0.2, 0.25) is 5.02 Å². The van der Waals surface area contributed by atoms with Crippen molar-refractivity contribution in [1.82, 2.24) is 0 Å². The van der Waals surface area contributed by atoms with Crippen LogP contribution < -0.4 is 4.72 Å². The fourth-order valence-electron chi connectivity index (χ4n) is 3.35. The van der Waals surface area contributed by atoms with Gasteiger partial charge in [-0.25, -0.2) is 25.6 Å². The zero-order chi connectivity index (χ0) is 28.1. The first-order valence-corrected chi connectivity index (χ1v) is 13.6. The number of sulfone groups is 1. The van der Waals surface area contributed by atoms with Gasteiger partial charge in [0.15, 0.2) is 0 Å². The van der Waals surface area contributed by atoms with Gasteiger partial charge in [-0.3, -0.25) is 4.72 Å². The summed E-state index contributed by atoms with van der Waals surface area (Å²) in [6.07, 6.45) is 0. The van der Waals surface area contributed by atoms with Crippen molar-refractivity contribution in [3.05, 3.63) is 70.8 Å². The van der Waals surface area contributed by atoms with Crippen LogP contribution in [0.25, 0.3) is 11.1 Å². The number of rotatable bonds is 5. The second-order valence-corrected chi connectivity index (χ2v) is 13.0. The van der Waals surface area contributed by atoms with Gasteiger partial charge in [0.25, 0.3) is 19.9 Å². The first kappa shape index (κ1) is 28.7. The van der Waals surface area contributed by atoms with Crippen molar-refractivity contribution in [2.24, 2.45) is 0 Å². The number of aromatic hydroxyl groups is 1. The molecular formula is C23H19ClF5NO5S2. The predicted octanol–water partition coefficient (Wildman–Crippen LogP) is 6.38. The molecule has 2 N–H and O–H groups in total. The lowest BCUT2D eigenvalue weighted by molar-refractivity contribution is -0.0436. The smallest absolute Gasteiger partial charge is 0.501 e. The van der Waals surface area contributed by atoms with Gasteiger partial charge in [-0.05, 0) is 59.0 Å². The van der Waals surface area contributed by atoms with Crippen molar-refractivity contribution in [2.45, 2.75) is 41.5 Å². The van der Waals surface area contributed by atoms with E-state index in [-0.39, 0.29) is 16.7 Å². The minimum atomic E-state index is -5.75. The quantitative estimate of drug-likeness (QED) is 0.339. The molecule has 0 aliphatic rings. The number of halogens is 6. The Morgan fingerprint density at radius 2 is 1.38 bits per heavy atom. The maximum Gasteiger partial charge on any atom is 0.501 e. The fraction of sp³-hybridized carbons (Fsp3) is 0.217. The third-order valence-corrected chi connectivity index (χ3v) is 8.34. The molecule has 3 aromatic carbocycles. The number of nitrogens with one attached hydrogen (secondary N) is 1. The van der Waals surface area contributed by atoms with Crippen LogP contribution in [0, 0.1) is 11.6 Å². The van der Waals surface area contributed by atoms with Gasteiger partial charge in [0.05, 0.1) is 15.6 Å². The molecule has 0 fully saturated rings. The van der Waals surface area contributed by atoms with E-state index in [0.29, 0.717) is 24.3 Å². The monoisotopic (exact) mass is 583 g/mol. The molecule has 0 saturated carbocycles. The molecule has 6 nitrogen and oxygen atoms in total. The van der Waals surface area contributed by atoms with E-state index in [1.54, 1.807) is 20.8 Å². The molecule has 200 valence electrons.